The third-order valence-corrected chi connectivity index (χ3v) is 6.39. The minimum Gasteiger partial charge on any atom is -0.480 e. The van der Waals surface area contributed by atoms with E-state index in [2.05, 4.69) is 53.3 Å². The van der Waals surface area contributed by atoms with Crippen molar-refractivity contribution in [1.82, 2.24) is 19.9 Å². The molecule has 4 N–H and O–H groups in total. The molecule has 1 fully saturated rings. The van der Waals surface area contributed by atoms with Crippen molar-refractivity contribution in [3.63, 3.8) is 0 Å². The van der Waals surface area contributed by atoms with Crippen LogP contribution in [0.3, 0.4) is 0 Å². The van der Waals surface area contributed by atoms with Gasteiger partial charge in [-0.25, -0.2) is 15.0 Å². The molecular formula is C20H19BrN6O2. The van der Waals surface area contributed by atoms with Crippen LogP contribution in [0.2, 0.25) is 0 Å². The molecule has 3 aromatic rings. The molecule has 2 aliphatic carbocycles. The van der Waals surface area contributed by atoms with Crippen molar-refractivity contribution >= 4 is 38.7 Å². The highest BCUT2D eigenvalue weighted by Gasteiger charge is 2.47. The third-order valence-electron chi connectivity index (χ3n) is 5.79. The fourth-order valence-corrected chi connectivity index (χ4v) is 4.92. The number of halogens is 1. The second-order valence-electron chi connectivity index (χ2n) is 7.37. The molecule has 2 aliphatic rings. The van der Waals surface area contributed by atoms with E-state index in [1.165, 1.54) is 0 Å². The Morgan fingerprint density at radius 3 is 2.97 bits per heavy atom. The second kappa shape index (κ2) is 6.84. The Morgan fingerprint density at radius 1 is 1.34 bits per heavy atom. The SMILES string of the molecule is COc1ncccc1-c1nc2ncc(Br)c(N[C@H]3[C@@H](C(N)=O)[C@@H]4C=C[C@@H]3C4)c2[nH]1. The van der Waals surface area contributed by atoms with Crippen molar-refractivity contribution in [1.29, 1.82) is 0 Å². The molecule has 9 heteroatoms. The molecule has 5 rings (SSSR count). The van der Waals surface area contributed by atoms with Crippen LogP contribution in [0.4, 0.5) is 5.69 Å². The van der Waals surface area contributed by atoms with Crippen LogP contribution in [0.25, 0.3) is 22.6 Å². The maximum absolute atomic E-state index is 12.1. The Kier molecular flexibility index (Phi) is 4.27. The monoisotopic (exact) mass is 454 g/mol. The Balaban J connectivity index is 1.58. The number of methoxy groups -OCH3 is 1. The Labute approximate surface area is 175 Å². The number of hydrogen-bond acceptors (Lipinski definition) is 6. The molecular weight excluding hydrogens is 436 g/mol. The summed E-state index contributed by atoms with van der Waals surface area (Å²) in [7, 11) is 1.57. The van der Waals surface area contributed by atoms with E-state index in [1.807, 2.05) is 12.1 Å². The Morgan fingerprint density at radius 2 is 2.17 bits per heavy atom. The van der Waals surface area contributed by atoms with E-state index in [-0.39, 0.29) is 29.7 Å². The number of aromatic amines is 1. The number of ether oxygens (including phenoxy) is 1. The number of nitrogens with zero attached hydrogens (tertiary/aromatic N) is 3. The van der Waals surface area contributed by atoms with Crippen LogP contribution in [-0.4, -0.2) is 39.0 Å². The van der Waals surface area contributed by atoms with E-state index in [0.717, 1.165) is 27.7 Å². The number of nitrogens with one attached hydrogen (secondary N) is 2. The molecule has 8 nitrogen and oxygen atoms in total. The molecule has 0 radical (unpaired) electrons. The summed E-state index contributed by atoms with van der Waals surface area (Å²) < 4.78 is 6.14. The largest absolute Gasteiger partial charge is 0.480 e. The van der Waals surface area contributed by atoms with Gasteiger partial charge in [-0.05, 0) is 46.3 Å². The lowest BCUT2D eigenvalue weighted by Gasteiger charge is -2.28. The van der Waals surface area contributed by atoms with Gasteiger partial charge in [0.1, 0.15) is 11.3 Å². The van der Waals surface area contributed by atoms with Gasteiger partial charge in [0.15, 0.2) is 5.65 Å². The van der Waals surface area contributed by atoms with Crippen molar-refractivity contribution in [2.45, 2.75) is 12.5 Å². The van der Waals surface area contributed by atoms with Crippen LogP contribution in [0, 0.1) is 17.8 Å². The van der Waals surface area contributed by atoms with Gasteiger partial charge >= 0.3 is 0 Å². The molecule has 0 aromatic carbocycles. The quantitative estimate of drug-likeness (QED) is 0.509. The first-order valence-corrected chi connectivity index (χ1v) is 10.1. The number of hydrogen-bond donors (Lipinski definition) is 3. The fraction of sp³-hybridized carbons (Fsp3) is 0.300. The zero-order valence-electron chi connectivity index (χ0n) is 15.6. The number of H-pyrrole nitrogens is 1. The molecule has 4 atom stereocenters. The lowest BCUT2D eigenvalue weighted by molar-refractivity contribution is -0.122. The first kappa shape index (κ1) is 18.1. The topological polar surface area (TPSA) is 119 Å². The maximum Gasteiger partial charge on any atom is 0.224 e. The lowest BCUT2D eigenvalue weighted by Crippen LogP contribution is -2.41. The highest BCUT2D eigenvalue weighted by atomic mass is 79.9. The number of carbonyl (C=O) groups is 1. The molecule has 0 saturated heterocycles. The summed E-state index contributed by atoms with van der Waals surface area (Å²) >= 11 is 3.58. The van der Waals surface area contributed by atoms with E-state index in [1.54, 1.807) is 19.5 Å². The molecule has 1 saturated carbocycles. The number of nitrogens with two attached hydrogens (primary N) is 1. The molecule has 3 heterocycles. The molecule has 0 spiro atoms. The summed E-state index contributed by atoms with van der Waals surface area (Å²) in [5.74, 6) is 1.05. The normalized spacial score (nSPS) is 24.9. The van der Waals surface area contributed by atoms with Gasteiger partial charge < -0.3 is 20.8 Å². The Hall–Kier alpha value is -2.94. The maximum atomic E-state index is 12.1. The van der Waals surface area contributed by atoms with Crippen molar-refractivity contribution in [2.24, 2.45) is 23.5 Å². The number of fused-ring (bicyclic) bond motifs is 3. The number of aromatic nitrogens is 4. The van der Waals surface area contributed by atoms with Crippen LogP contribution in [0.1, 0.15) is 6.42 Å². The number of pyridine rings is 2. The van der Waals surface area contributed by atoms with Crippen LogP contribution >= 0.6 is 15.9 Å². The molecule has 1 amide bonds. The van der Waals surface area contributed by atoms with Gasteiger partial charge in [0, 0.05) is 18.4 Å². The van der Waals surface area contributed by atoms with E-state index in [0.29, 0.717) is 17.4 Å². The molecule has 148 valence electrons. The van der Waals surface area contributed by atoms with Gasteiger partial charge in [-0.3, -0.25) is 4.79 Å². The second-order valence-corrected chi connectivity index (χ2v) is 8.23. The standard InChI is InChI=1S/C20H19BrN6O2/c1-29-20-11(3-2-6-23-20)18-26-16-15(12(21)8-24-19(16)27-18)25-14-10-5-4-9(7-10)13(14)17(22)28/h2-6,8-10,13-14H,7H2,1H3,(H2,22,28)(H2,24,25,26,27)/t9-,10-,13+,14-/m1/s1. The molecule has 29 heavy (non-hydrogen) atoms. The van der Waals surface area contributed by atoms with Gasteiger partial charge in [-0.15, -0.1) is 0 Å². The predicted molar refractivity (Wildman–Crippen MR) is 112 cm³/mol. The fourth-order valence-electron chi connectivity index (χ4n) is 4.51. The number of amides is 1. The molecule has 0 unspecified atom stereocenters. The number of primary amides is 1. The lowest BCUT2D eigenvalue weighted by atomic mass is 9.88. The first-order chi connectivity index (χ1) is 14.1. The van der Waals surface area contributed by atoms with Gasteiger partial charge in [0.25, 0.3) is 0 Å². The summed E-state index contributed by atoms with van der Waals surface area (Å²) in [5.41, 5.74) is 8.58. The minimum atomic E-state index is -0.272. The predicted octanol–water partition coefficient (Wildman–Crippen LogP) is 2.88. The average molecular weight is 455 g/mol. The van der Waals surface area contributed by atoms with Crippen LogP contribution < -0.4 is 15.8 Å². The van der Waals surface area contributed by atoms with Gasteiger partial charge in [-0.2, -0.15) is 0 Å². The van der Waals surface area contributed by atoms with E-state index >= 15 is 0 Å². The zero-order chi connectivity index (χ0) is 20.1. The zero-order valence-corrected chi connectivity index (χ0v) is 17.2. The number of allylic oxidation sites excluding steroid dienone is 1. The minimum absolute atomic E-state index is 0.0657. The van der Waals surface area contributed by atoms with Crippen molar-refractivity contribution in [3.8, 4) is 17.3 Å². The summed E-state index contributed by atoms with van der Waals surface area (Å²) in [6.07, 6.45) is 8.60. The smallest absolute Gasteiger partial charge is 0.224 e. The summed E-state index contributed by atoms with van der Waals surface area (Å²) in [5, 5.41) is 3.55. The van der Waals surface area contributed by atoms with E-state index in [4.69, 9.17) is 10.5 Å². The summed E-state index contributed by atoms with van der Waals surface area (Å²) in [4.78, 5) is 28.7. The number of carbonyl (C=O) groups excluding carboxylic acids is 1. The number of rotatable bonds is 5. The Bertz CT molecular complexity index is 1140. The third kappa shape index (κ3) is 2.88. The first-order valence-electron chi connectivity index (χ1n) is 9.34. The molecule has 3 aromatic heterocycles. The van der Waals surface area contributed by atoms with Gasteiger partial charge in [0.2, 0.25) is 11.8 Å². The van der Waals surface area contributed by atoms with Crippen LogP contribution in [-0.2, 0) is 4.79 Å². The van der Waals surface area contributed by atoms with Crippen molar-refractivity contribution < 1.29 is 9.53 Å². The van der Waals surface area contributed by atoms with Crippen molar-refractivity contribution in [3.05, 3.63) is 41.2 Å². The van der Waals surface area contributed by atoms with Gasteiger partial charge in [0.05, 0.1) is 28.8 Å². The summed E-state index contributed by atoms with van der Waals surface area (Å²) in [6, 6.07) is 3.64. The van der Waals surface area contributed by atoms with Gasteiger partial charge in [-0.1, -0.05) is 12.2 Å². The van der Waals surface area contributed by atoms with Crippen LogP contribution in [0.15, 0.2) is 41.2 Å². The highest BCUT2D eigenvalue weighted by molar-refractivity contribution is 9.10. The molecule has 0 aliphatic heterocycles. The summed E-state index contributed by atoms with van der Waals surface area (Å²) in [6.45, 7) is 0. The number of anilines is 1. The van der Waals surface area contributed by atoms with E-state index in [9.17, 15) is 4.79 Å². The average Bonchev–Trinajstić information content (AvgIpc) is 3.44. The number of imidazole rings is 1. The van der Waals surface area contributed by atoms with Crippen molar-refractivity contribution in [2.75, 3.05) is 12.4 Å². The highest BCUT2D eigenvalue weighted by Crippen LogP contribution is 2.46. The van der Waals surface area contributed by atoms with E-state index < -0.39 is 0 Å². The van der Waals surface area contributed by atoms with Crippen LogP contribution in [0.5, 0.6) is 5.88 Å². The molecule has 2 bridgehead atoms.